The zero-order chi connectivity index (χ0) is 23.4. The van der Waals surface area contributed by atoms with Crippen molar-refractivity contribution in [1.29, 1.82) is 0 Å². The number of carbonyl (C=O) groups excluding carboxylic acids is 1. The van der Waals surface area contributed by atoms with E-state index in [0.29, 0.717) is 18.1 Å². The van der Waals surface area contributed by atoms with Crippen LogP contribution in [0.2, 0.25) is 0 Å². The van der Waals surface area contributed by atoms with Gasteiger partial charge in [0.2, 0.25) is 5.89 Å². The summed E-state index contributed by atoms with van der Waals surface area (Å²) in [6, 6.07) is 7.39. The van der Waals surface area contributed by atoms with Gasteiger partial charge in [0.1, 0.15) is 0 Å². The SMILES string of the molecule is CC(N)c1oc(-c2ccc(OC(F)F)c(OCC3CC3)c2)nc1C(=O)NCc1cccnc1. The summed E-state index contributed by atoms with van der Waals surface area (Å²) in [7, 11) is 0. The molecule has 1 aliphatic carbocycles. The van der Waals surface area contributed by atoms with Crippen molar-refractivity contribution in [2.24, 2.45) is 11.7 Å². The summed E-state index contributed by atoms with van der Waals surface area (Å²) in [5.41, 5.74) is 7.31. The minimum Gasteiger partial charge on any atom is -0.489 e. The molecule has 33 heavy (non-hydrogen) atoms. The molecule has 1 saturated carbocycles. The lowest BCUT2D eigenvalue weighted by Gasteiger charge is -2.12. The third-order valence-corrected chi connectivity index (χ3v) is 5.04. The summed E-state index contributed by atoms with van der Waals surface area (Å²) in [4.78, 5) is 21.1. The largest absolute Gasteiger partial charge is 0.489 e. The molecule has 0 radical (unpaired) electrons. The van der Waals surface area contributed by atoms with Crippen molar-refractivity contribution in [3.8, 4) is 23.0 Å². The monoisotopic (exact) mass is 458 g/mol. The molecule has 2 aromatic heterocycles. The molecule has 0 bridgehead atoms. The molecule has 3 N–H and O–H groups in total. The van der Waals surface area contributed by atoms with Crippen molar-refractivity contribution in [3.63, 3.8) is 0 Å². The van der Waals surface area contributed by atoms with Gasteiger partial charge in [0.05, 0.1) is 12.6 Å². The molecule has 0 spiro atoms. The summed E-state index contributed by atoms with van der Waals surface area (Å²) < 4.78 is 41.7. The maximum atomic E-state index is 12.8. The molecular formula is C23H24F2N4O4. The van der Waals surface area contributed by atoms with Crippen LogP contribution in [-0.2, 0) is 6.54 Å². The van der Waals surface area contributed by atoms with Crippen LogP contribution in [-0.4, -0.2) is 29.1 Å². The van der Waals surface area contributed by atoms with E-state index in [-0.39, 0.29) is 35.4 Å². The van der Waals surface area contributed by atoms with Crippen LogP contribution in [0.15, 0.2) is 47.1 Å². The Hall–Kier alpha value is -3.53. The summed E-state index contributed by atoms with van der Waals surface area (Å²) in [5.74, 6) is 0.361. The summed E-state index contributed by atoms with van der Waals surface area (Å²) in [6.45, 7) is -0.652. The Morgan fingerprint density at radius 1 is 1.30 bits per heavy atom. The average molecular weight is 458 g/mol. The molecule has 4 rings (SSSR count). The van der Waals surface area contributed by atoms with Crippen molar-refractivity contribution in [2.45, 2.75) is 39.0 Å². The van der Waals surface area contributed by atoms with E-state index in [1.54, 1.807) is 25.4 Å². The zero-order valence-electron chi connectivity index (χ0n) is 18.0. The van der Waals surface area contributed by atoms with Gasteiger partial charge in [0.25, 0.3) is 5.91 Å². The number of benzene rings is 1. The third kappa shape index (κ3) is 5.83. The molecule has 1 aromatic carbocycles. The Labute approximate surface area is 189 Å². The predicted octanol–water partition coefficient (Wildman–Crippen LogP) is 4.08. The van der Waals surface area contributed by atoms with Gasteiger partial charge < -0.3 is 24.9 Å². The Morgan fingerprint density at radius 2 is 2.12 bits per heavy atom. The molecule has 2 heterocycles. The quantitative estimate of drug-likeness (QED) is 0.471. The second-order valence-electron chi connectivity index (χ2n) is 7.86. The number of nitrogens with one attached hydrogen (secondary N) is 1. The minimum absolute atomic E-state index is 0.0530. The fourth-order valence-electron chi connectivity index (χ4n) is 3.13. The van der Waals surface area contributed by atoms with E-state index in [9.17, 15) is 13.6 Å². The molecule has 1 fully saturated rings. The molecular weight excluding hydrogens is 434 g/mol. The van der Waals surface area contributed by atoms with Gasteiger partial charge in [-0.3, -0.25) is 9.78 Å². The number of carbonyl (C=O) groups is 1. The van der Waals surface area contributed by atoms with Gasteiger partial charge in [0, 0.05) is 24.5 Å². The zero-order valence-corrected chi connectivity index (χ0v) is 18.0. The van der Waals surface area contributed by atoms with Gasteiger partial charge in [0.15, 0.2) is 23.0 Å². The van der Waals surface area contributed by atoms with E-state index in [1.165, 1.54) is 18.2 Å². The molecule has 3 aromatic rings. The number of hydrogen-bond donors (Lipinski definition) is 2. The van der Waals surface area contributed by atoms with Gasteiger partial charge >= 0.3 is 6.61 Å². The van der Waals surface area contributed by atoms with Crippen LogP contribution in [0.1, 0.15) is 47.6 Å². The third-order valence-electron chi connectivity index (χ3n) is 5.04. The first kappa shape index (κ1) is 22.7. The van der Waals surface area contributed by atoms with E-state index in [2.05, 4.69) is 20.0 Å². The van der Waals surface area contributed by atoms with E-state index >= 15 is 0 Å². The van der Waals surface area contributed by atoms with Crippen LogP contribution in [0.3, 0.4) is 0 Å². The molecule has 174 valence electrons. The summed E-state index contributed by atoms with van der Waals surface area (Å²) >= 11 is 0. The number of ether oxygens (including phenoxy) is 2. The van der Waals surface area contributed by atoms with Crippen LogP contribution >= 0.6 is 0 Å². The Bertz CT molecular complexity index is 1100. The number of nitrogens with two attached hydrogens (primary N) is 1. The molecule has 1 amide bonds. The van der Waals surface area contributed by atoms with Crippen LogP contribution in [0.4, 0.5) is 8.78 Å². The fraction of sp³-hybridized carbons (Fsp3) is 0.348. The van der Waals surface area contributed by atoms with Crippen LogP contribution in [0.5, 0.6) is 11.5 Å². The van der Waals surface area contributed by atoms with E-state index < -0.39 is 18.6 Å². The number of nitrogens with zero attached hydrogens (tertiary/aromatic N) is 2. The first-order valence-corrected chi connectivity index (χ1v) is 10.6. The minimum atomic E-state index is -2.99. The first-order valence-electron chi connectivity index (χ1n) is 10.6. The Balaban J connectivity index is 1.58. The topological polar surface area (TPSA) is 113 Å². The molecule has 1 aliphatic rings. The Morgan fingerprint density at radius 3 is 2.79 bits per heavy atom. The number of rotatable bonds is 10. The van der Waals surface area contributed by atoms with Crippen molar-refractivity contribution in [2.75, 3.05) is 6.61 Å². The highest BCUT2D eigenvalue weighted by Gasteiger charge is 2.26. The average Bonchev–Trinajstić information content (AvgIpc) is 3.52. The van der Waals surface area contributed by atoms with Crippen LogP contribution < -0.4 is 20.5 Å². The van der Waals surface area contributed by atoms with Crippen molar-refractivity contribution >= 4 is 5.91 Å². The van der Waals surface area contributed by atoms with Gasteiger partial charge in [-0.1, -0.05) is 6.07 Å². The van der Waals surface area contributed by atoms with E-state index in [1.807, 2.05) is 6.07 Å². The molecule has 10 heteroatoms. The van der Waals surface area contributed by atoms with E-state index in [4.69, 9.17) is 14.9 Å². The molecule has 8 nitrogen and oxygen atoms in total. The maximum Gasteiger partial charge on any atom is 0.387 e. The van der Waals surface area contributed by atoms with E-state index in [0.717, 1.165) is 18.4 Å². The fourth-order valence-corrected chi connectivity index (χ4v) is 3.13. The lowest BCUT2D eigenvalue weighted by Crippen LogP contribution is -2.25. The van der Waals surface area contributed by atoms with Crippen molar-refractivity contribution in [1.82, 2.24) is 15.3 Å². The molecule has 1 unspecified atom stereocenters. The smallest absolute Gasteiger partial charge is 0.387 e. The number of pyridine rings is 1. The number of halogens is 2. The highest BCUT2D eigenvalue weighted by molar-refractivity contribution is 5.93. The van der Waals surface area contributed by atoms with Crippen molar-refractivity contribution in [3.05, 3.63) is 59.7 Å². The molecule has 0 aliphatic heterocycles. The standard InChI is InChI=1S/C23H24F2N4O4/c1-13(26)20-19(21(30)28-11-15-3-2-8-27-10-15)29-22(33-20)16-6-7-17(32-23(24)25)18(9-16)31-12-14-4-5-14/h2-3,6-10,13-14,23H,4-5,11-12,26H2,1H3,(H,28,30). The second kappa shape index (κ2) is 9.95. The van der Waals surface area contributed by atoms with Crippen LogP contribution in [0, 0.1) is 5.92 Å². The van der Waals surface area contributed by atoms with Gasteiger partial charge in [-0.05, 0) is 55.5 Å². The van der Waals surface area contributed by atoms with Crippen LogP contribution in [0.25, 0.3) is 11.5 Å². The molecule has 0 saturated heterocycles. The number of aromatic nitrogens is 2. The summed E-state index contributed by atoms with van der Waals surface area (Å²) in [5, 5.41) is 2.77. The molecule has 1 atom stereocenters. The number of oxazole rings is 1. The number of amides is 1. The Kier molecular flexibility index (Phi) is 6.83. The second-order valence-corrected chi connectivity index (χ2v) is 7.86. The lowest BCUT2D eigenvalue weighted by molar-refractivity contribution is -0.0515. The van der Waals surface area contributed by atoms with Crippen molar-refractivity contribution < 1.29 is 27.5 Å². The van der Waals surface area contributed by atoms with Gasteiger partial charge in [-0.15, -0.1) is 0 Å². The normalized spacial score (nSPS) is 14.2. The lowest BCUT2D eigenvalue weighted by atomic mass is 10.2. The first-order chi connectivity index (χ1) is 15.9. The number of hydrogen-bond acceptors (Lipinski definition) is 7. The number of alkyl halides is 2. The predicted molar refractivity (Wildman–Crippen MR) is 115 cm³/mol. The van der Waals surface area contributed by atoms with Gasteiger partial charge in [-0.25, -0.2) is 4.98 Å². The maximum absolute atomic E-state index is 12.8. The van der Waals surface area contributed by atoms with Gasteiger partial charge in [-0.2, -0.15) is 8.78 Å². The highest BCUT2D eigenvalue weighted by atomic mass is 19.3. The highest BCUT2D eigenvalue weighted by Crippen LogP contribution is 2.37. The summed E-state index contributed by atoms with van der Waals surface area (Å²) in [6.07, 6.45) is 5.37.